The minimum Gasteiger partial charge on any atom is -0.497 e. The van der Waals surface area contributed by atoms with E-state index >= 15 is 0 Å². The molecule has 0 heterocycles. The fourth-order valence-electron chi connectivity index (χ4n) is 3.48. The first-order valence-corrected chi connectivity index (χ1v) is 8.41. The van der Waals surface area contributed by atoms with Crippen molar-refractivity contribution >= 4 is 11.8 Å². The number of carbonyl (C=O) groups excluding carboxylic acids is 2. The highest BCUT2D eigenvalue weighted by Gasteiger charge is 2.75. The van der Waals surface area contributed by atoms with Gasteiger partial charge < -0.3 is 9.47 Å². The number of esters is 1. The number of benzene rings is 2. The Kier molecular flexibility index (Phi) is 4.77. The van der Waals surface area contributed by atoms with Crippen LogP contribution in [-0.2, 0) is 9.53 Å². The van der Waals surface area contributed by atoms with Gasteiger partial charge in [0.25, 0.3) is 0 Å². The van der Waals surface area contributed by atoms with Crippen LogP contribution in [0.15, 0.2) is 54.6 Å². The van der Waals surface area contributed by atoms with Crippen molar-refractivity contribution < 1.29 is 19.1 Å². The molecule has 0 amide bonds. The highest BCUT2D eigenvalue weighted by atomic mass is 16.5. The van der Waals surface area contributed by atoms with Gasteiger partial charge in [-0.25, -0.2) is 0 Å². The number of methoxy groups -OCH3 is 1. The van der Waals surface area contributed by atoms with E-state index < -0.39 is 23.2 Å². The molecular formula is C21H19NO4. The predicted molar refractivity (Wildman–Crippen MR) is 94.7 cm³/mol. The first kappa shape index (κ1) is 17.7. The lowest BCUT2D eigenvalue weighted by molar-refractivity contribution is -0.147. The van der Waals surface area contributed by atoms with E-state index in [0.717, 1.165) is 5.56 Å². The largest absolute Gasteiger partial charge is 0.497 e. The van der Waals surface area contributed by atoms with E-state index in [1.807, 2.05) is 6.07 Å². The lowest BCUT2D eigenvalue weighted by Crippen LogP contribution is -2.23. The Bertz CT molecular complexity index is 854. The van der Waals surface area contributed by atoms with Crippen molar-refractivity contribution in [3.05, 3.63) is 65.7 Å². The van der Waals surface area contributed by atoms with Gasteiger partial charge in [-0.3, -0.25) is 9.59 Å². The van der Waals surface area contributed by atoms with Gasteiger partial charge in [0.2, 0.25) is 0 Å². The molecule has 2 aromatic rings. The zero-order valence-corrected chi connectivity index (χ0v) is 14.6. The summed E-state index contributed by atoms with van der Waals surface area (Å²) in [5.74, 6) is -1.50. The SMILES string of the molecule is CCOC(=O)[C@@]1(C#N)[C@H](C(=O)c2ccccc2)[C@H]1c1ccc(OC)cc1. The molecule has 3 rings (SSSR count). The van der Waals surface area contributed by atoms with Crippen LogP contribution in [0.25, 0.3) is 0 Å². The van der Waals surface area contributed by atoms with Crippen LogP contribution < -0.4 is 4.74 Å². The van der Waals surface area contributed by atoms with Gasteiger partial charge in [0.1, 0.15) is 5.75 Å². The maximum absolute atomic E-state index is 13.0. The number of Topliss-reactive ketones (excluding diaryl/α,β-unsaturated/α-hetero) is 1. The molecule has 1 aliphatic rings. The molecule has 0 spiro atoms. The zero-order valence-electron chi connectivity index (χ0n) is 14.6. The summed E-state index contributed by atoms with van der Waals surface area (Å²) in [5, 5.41) is 9.82. The highest BCUT2D eigenvalue weighted by molar-refractivity contribution is 6.07. The monoisotopic (exact) mass is 349 g/mol. The van der Waals surface area contributed by atoms with E-state index in [2.05, 4.69) is 6.07 Å². The quantitative estimate of drug-likeness (QED) is 0.590. The maximum Gasteiger partial charge on any atom is 0.327 e. The van der Waals surface area contributed by atoms with Crippen molar-refractivity contribution in [2.45, 2.75) is 12.8 Å². The molecule has 5 nitrogen and oxygen atoms in total. The van der Waals surface area contributed by atoms with Crippen molar-refractivity contribution in [3.8, 4) is 11.8 Å². The first-order chi connectivity index (χ1) is 12.6. The van der Waals surface area contributed by atoms with E-state index in [4.69, 9.17) is 9.47 Å². The third-order valence-electron chi connectivity index (χ3n) is 4.82. The Morgan fingerprint density at radius 1 is 1.12 bits per heavy atom. The van der Waals surface area contributed by atoms with Gasteiger partial charge in [0.15, 0.2) is 11.2 Å². The van der Waals surface area contributed by atoms with Gasteiger partial charge in [0.05, 0.1) is 25.7 Å². The summed E-state index contributed by atoms with van der Waals surface area (Å²) in [6.45, 7) is 1.84. The maximum atomic E-state index is 13.0. The molecule has 2 aromatic carbocycles. The van der Waals surface area contributed by atoms with Crippen molar-refractivity contribution in [1.29, 1.82) is 5.26 Å². The Balaban J connectivity index is 2.02. The normalized spacial score (nSPS) is 23.6. The number of nitrogens with zero attached hydrogens (tertiary/aromatic N) is 1. The van der Waals surface area contributed by atoms with Crippen molar-refractivity contribution in [1.82, 2.24) is 0 Å². The molecule has 0 N–H and O–H groups in total. The lowest BCUT2D eigenvalue weighted by Gasteiger charge is -2.08. The van der Waals surface area contributed by atoms with Gasteiger partial charge in [-0.15, -0.1) is 0 Å². The van der Waals surface area contributed by atoms with Crippen LogP contribution in [0.1, 0.15) is 28.8 Å². The van der Waals surface area contributed by atoms with E-state index in [9.17, 15) is 14.9 Å². The third kappa shape index (κ3) is 2.74. The smallest absolute Gasteiger partial charge is 0.327 e. The highest BCUT2D eigenvalue weighted by Crippen LogP contribution is 2.66. The molecule has 0 saturated heterocycles. The molecule has 1 saturated carbocycles. The Hall–Kier alpha value is -3.13. The van der Waals surface area contributed by atoms with Crippen LogP contribution in [0.2, 0.25) is 0 Å². The second kappa shape index (κ2) is 7.01. The molecule has 0 radical (unpaired) electrons. The molecule has 1 fully saturated rings. The van der Waals surface area contributed by atoms with Gasteiger partial charge in [-0.1, -0.05) is 42.5 Å². The molecule has 1 aliphatic carbocycles. The summed E-state index contributed by atoms with van der Waals surface area (Å²) < 4.78 is 10.3. The van der Waals surface area contributed by atoms with E-state index in [1.54, 1.807) is 62.6 Å². The summed E-state index contributed by atoms with van der Waals surface area (Å²) in [6, 6.07) is 17.9. The third-order valence-corrected chi connectivity index (χ3v) is 4.82. The van der Waals surface area contributed by atoms with Gasteiger partial charge >= 0.3 is 5.97 Å². The number of carbonyl (C=O) groups is 2. The van der Waals surface area contributed by atoms with Crippen LogP contribution >= 0.6 is 0 Å². The van der Waals surface area contributed by atoms with Crippen LogP contribution in [0.5, 0.6) is 5.75 Å². The van der Waals surface area contributed by atoms with Crippen molar-refractivity contribution in [3.63, 3.8) is 0 Å². The summed E-state index contributed by atoms with van der Waals surface area (Å²) in [4.78, 5) is 25.6. The molecule has 0 aliphatic heterocycles. The summed E-state index contributed by atoms with van der Waals surface area (Å²) in [6.07, 6.45) is 0. The van der Waals surface area contributed by atoms with Gasteiger partial charge in [0, 0.05) is 11.5 Å². The van der Waals surface area contributed by atoms with Crippen molar-refractivity contribution in [2.75, 3.05) is 13.7 Å². The van der Waals surface area contributed by atoms with E-state index in [-0.39, 0.29) is 12.4 Å². The lowest BCUT2D eigenvalue weighted by atomic mass is 9.99. The summed E-state index contributed by atoms with van der Waals surface area (Å²) >= 11 is 0. The second-order valence-electron chi connectivity index (χ2n) is 6.16. The zero-order chi connectivity index (χ0) is 18.7. The van der Waals surface area contributed by atoms with E-state index in [0.29, 0.717) is 11.3 Å². The van der Waals surface area contributed by atoms with Crippen LogP contribution in [-0.4, -0.2) is 25.5 Å². The Labute approximate surface area is 152 Å². The van der Waals surface area contributed by atoms with Gasteiger partial charge in [-0.05, 0) is 24.6 Å². The number of nitriles is 1. The number of ether oxygens (including phenoxy) is 2. The molecule has 0 bridgehead atoms. The second-order valence-corrected chi connectivity index (χ2v) is 6.16. The molecular weight excluding hydrogens is 330 g/mol. The molecule has 26 heavy (non-hydrogen) atoms. The standard InChI is InChI=1S/C21H19NO4/c1-3-26-20(24)21(13-22)17(14-9-11-16(25-2)12-10-14)18(21)19(23)15-7-5-4-6-8-15/h4-12,17-18H,3H2,1-2H3/t17-,18+,21-/m1/s1. The number of rotatable bonds is 6. The average molecular weight is 349 g/mol. The first-order valence-electron chi connectivity index (χ1n) is 8.41. The Morgan fingerprint density at radius 2 is 1.77 bits per heavy atom. The molecule has 5 heteroatoms. The Morgan fingerprint density at radius 3 is 2.31 bits per heavy atom. The molecule has 132 valence electrons. The summed E-state index contributed by atoms with van der Waals surface area (Å²) in [5.41, 5.74) is -0.260. The number of hydrogen-bond donors (Lipinski definition) is 0. The number of hydrogen-bond acceptors (Lipinski definition) is 5. The van der Waals surface area contributed by atoms with Crippen LogP contribution in [0.3, 0.4) is 0 Å². The minimum absolute atomic E-state index is 0.157. The predicted octanol–water partition coefficient (Wildman–Crippen LogP) is 3.36. The van der Waals surface area contributed by atoms with Crippen LogP contribution in [0.4, 0.5) is 0 Å². The topological polar surface area (TPSA) is 76.4 Å². The fraction of sp³-hybridized carbons (Fsp3) is 0.286. The number of ketones is 1. The molecule has 0 aromatic heterocycles. The van der Waals surface area contributed by atoms with Crippen LogP contribution in [0, 0.1) is 22.7 Å². The average Bonchev–Trinajstić information content (AvgIpc) is 3.38. The van der Waals surface area contributed by atoms with Gasteiger partial charge in [-0.2, -0.15) is 5.26 Å². The minimum atomic E-state index is -1.49. The molecule has 3 atom stereocenters. The summed E-state index contributed by atoms with van der Waals surface area (Å²) in [7, 11) is 1.56. The molecule has 0 unspecified atom stereocenters. The fourth-order valence-corrected chi connectivity index (χ4v) is 3.48. The van der Waals surface area contributed by atoms with Crippen molar-refractivity contribution in [2.24, 2.45) is 11.3 Å². The van der Waals surface area contributed by atoms with E-state index in [1.165, 1.54) is 0 Å².